The van der Waals surface area contributed by atoms with Crippen LogP contribution in [-0.2, 0) is 27.3 Å². The number of rotatable bonds is 12. The van der Waals surface area contributed by atoms with E-state index in [0.29, 0.717) is 46.4 Å². The summed E-state index contributed by atoms with van der Waals surface area (Å²) in [5.74, 6) is -0.0993. The number of likely N-dealkylation sites (N-methyl/N-ethyl adjacent to an activating group) is 1. The first-order chi connectivity index (χ1) is 23.8. The van der Waals surface area contributed by atoms with E-state index in [1.807, 2.05) is 51.1 Å². The molecule has 0 bridgehead atoms. The first-order valence-electron chi connectivity index (χ1n) is 16.8. The topological polar surface area (TPSA) is 143 Å². The lowest BCUT2D eigenvalue weighted by Gasteiger charge is -2.25. The third-order valence-electron chi connectivity index (χ3n) is 9.04. The molecular weight excluding hydrogens is 700 g/mol. The summed E-state index contributed by atoms with van der Waals surface area (Å²) in [5, 5.41) is 8.11. The quantitative estimate of drug-likeness (QED) is 0.109. The Labute approximate surface area is 300 Å². The number of allylic oxidation sites excluding steroid dienone is 1. The summed E-state index contributed by atoms with van der Waals surface area (Å²) < 4.78 is 2.03. The summed E-state index contributed by atoms with van der Waals surface area (Å²) in [5.41, 5.74) is 2.60. The average Bonchev–Trinajstić information content (AvgIpc) is 3.63. The van der Waals surface area contributed by atoms with Gasteiger partial charge in [-0.25, -0.2) is 15.0 Å². The number of nitrogens with zero attached hydrogens (tertiary/aromatic N) is 7. The van der Waals surface area contributed by atoms with Crippen molar-refractivity contribution in [2.75, 3.05) is 25.5 Å². The molecule has 1 N–H and O–H groups in total. The molecule has 2 atom stereocenters. The Balaban J connectivity index is 1.42. The van der Waals surface area contributed by atoms with Gasteiger partial charge in [0.05, 0.1) is 11.9 Å². The van der Waals surface area contributed by atoms with Crippen molar-refractivity contribution in [2.45, 2.75) is 72.9 Å². The predicted molar refractivity (Wildman–Crippen MR) is 195 cm³/mol. The number of ketones is 1. The van der Waals surface area contributed by atoms with E-state index >= 15 is 0 Å². The molecule has 1 fully saturated rings. The molecule has 50 heavy (non-hydrogen) atoms. The van der Waals surface area contributed by atoms with Crippen LogP contribution in [0.4, 0.5) is 5.82 Å². The molecule has 0 saturated carbocycles. The maximum absolute atomic E-state index is 14.1. The average molecular weight is 744 g/mol. The van der Waals surface area contributed by atoms with Gasteiger partial charge in [-0.05, 0) is 66.4 Å². The first kappa shape index (κ1) is 36.5. The number of carbonyl (C=O) groups excluding carboxylic acids is 4. The highest BCUT2D eigenvalue weighted by atomic mass is 79.9. The van der Waals surface area contributed by atoms with Gasteiger partial charge in [-0.1, -0.05) is 44.6 Å². The normalized spacial score (nSPS) is 17.4. The summed E-state index contributed by atoms with van der Waals surface area (Å²) in [6.07, 6.45) is 9.72. The van der Waals surface area contributed by atoms with E-state index in [4.69, 9.17) is 0 Å². The highest BCUT2D eigenvalue weighted by Crippen LogP contribution is 2.37. The van der Waals surface area contributed by atoms with E-state index < -0.39 is 17.4 Å². The van der Waals surface area contributed by atoms with Crippen LogP contribution in [0.3, 0.4) is 0 Å². The van der Waals surface area contributed by atoms with E-state index in [1.165, 1.54) is 11.6 Å². The van der Waals surface area contributed by atoms with Gasteiger partial charge in [-0.3, -0.25) is 23.9 Å². The molecule has 4 aromatic rings. The number of nitrogens with one attached hydrogen (secondary N) is 1. The van der Waals surface area contributed by atoms with E-state index in [2.05, 4.69) is 48.2 Å². The molecule has 1 aliphatic rings. The lowest BCUT2D eigenvalue weighted by atomic mass is 9.87. The Morgan fingerprint density at radius 1 is 1.12 bits per heavy atom. The van der Waals surface area contributed by atoms with E-state index in [-0.39, 0.29) is 42.1 Å². The van der Waals surface area contributed by atoms with Crippen LogP contribution in [0, 0.1) is 12.3 Å². The summed E-state index contributed by atoms with van der Waals surface area (Å²) >= 11 is 3.39. The third kappa shape index (κ3) is 8.15. The zero-order chi connectivity index (χ0) is 36.2. The minimum atomic E-state index is -0.817. The molecule has 1 saturated heterocycles. The van der Waals surface area contributed by atoms with Gasteiger partial charge in [0.2, 0.25) is 17.7 Å². The summed E-state index contributed by atoms with van der Waals surface area (Å²) in [4.78, 5) is 70.2. The van der Waals surface area contributed by atoms with Gasteiger partial charge >= 0.3 is 0 Å². The van der Waals surface area contributed by atoms with Crippen LogP contribution >= 0.6 is 15.9 Å². The van der Waals surface area contributed by atoms with Crippen LogP contribution in [-0.4, -0.2) is 84.2 Å². The van der Waals surface area contributed by atoms with Crippen molar-refractivity contribution in [3.05, 3.63) is 76.6 Å². The van der Waals surface area contributed by atoms with Gasteiger partial charge in [0.25, 0.3) is 0 Å². The molecule has 3 aromatic heterocycles. The summed E-state index contributed by atoms with van der Waals surface area (Å²) in [6.45, 7) is 10.0. The second-order valence-electron chi connectivity index (χ2n) is 13.2. The Bertz CT molecular complexity index is 1960. The summed E-state index contributed by atoms with van der Waals surface area (Å²) in [6, 6.07) is 8.26. The smallest absolute Gasteiger partial charge is 0.248 e. The van der Waals surface area contributed by atoms with Gasteiger partial charge < -0.3 is 15.1 Å². The molecule has 0 aliphatic carbocycles. The molecule has 13 heteroatoms. The molecule has 0 unspecified atom stereocenters. The Hall–Kier alpha value is -4.78. The van der Waals surface area contributed by atoms with Gasteiger partial charge in [-0.15, -0.1) is 0 Å². The van der Waals surface area contributed by atoms with Crippen molar-refractivity contribution in [3.8, 4) is 11.1 Å². The number of carbonyl (C=O) groups is 4. The highest BCUT2D eigenvalue weighted by molar-refractivity contribution is 9.10. The second kappa shape index (κ2) is 15.4. The number of likely N-dealkylation sites (tertiary alicyclic amines) is 1. The highest BCUT2D eigenvalue weighted by Gasteiger charge is 2.45. The number of Topliss-reactive ketones (excluding diaryl/α,β-unsaturated/α-hetero) is 1. The van der Waals surface area contributed by atoms with Crippen LogP contribution in [0.15, 0.2) is 59.5 Å². The standard InChI is InChI=1S/C37H43BrN8O4/c1-7-9-15-44(6)32(48)17-26-11-13-31(38)41-35(26)42-36(50)30-18-37(5,14-8-2)22-45(30)33(49)21-46-29-12-10-25(27-19-39-24(4)40-20-27)16-28(29)34(43-46)23(3)47/h8,10-14,16,19-20,30H,7,9,15,17-18,21-22H2,1-6H3,(H,41,42,50)/b14-8+/t30-,37-/m0/s1. The van der Waals surface area contributed by atoms with Gasteiger partial charge in [0.1, 0.15) is 34.5 Å². The zero-order valence-electron chi connectivity index (χ0n) is 29.4. The van der Waals surface area contributed by atoms with Crippen molar-refractivity contribution in [3.63, 3.8) is 0 Å². The van der Waals surface area contributed by atoms with Crippen molar-refractivity contribution >= 4 is 56.2 Å². The number of amides is 3. The molecule has 12 nitrogen and oxygen atoms in total. The van der Waals surface area contributed by atoms with Crippen molar-refractivity contribution < 1.29 is 19.2 Å². The minimum absolute atomic E-state index is 0.0726. The fourth-order valence-corrected chi connectivity index (χ4v) is 6.68. The Morgan fingerprint density at radius 2 is 1.86 bits per heavy atom. The number of aryl methyl sites for hydroxylation is 1. The monoisotopic (exact) mass is 742 g/mol. The number of hydrogen-bond donors (Lipinski definition) is 1. The molecule has 4 heterocycles. The fourth-order valence-electron chi connectivity index (χ4n) is 6.37. The number of unbranched alkanes of at least 4 members (excludes halogenated alkanes) is 1. The van der Waals surface area contributed by atoms with Crippen LogP contribution < -0.4 is 5.32 Å². The van der Waals surface area contributed by atoms with E-state index in [0.717, 1.165) is 24.0 Å². The van der Waals surface area contributed by atoms with Crippen LogP contribution in [0.25, 0.3) is 22.0 Å². The fraction of sp³-hybridized carbons (Fsp3) is 0.405. The van der Waals surface area contributed by atoms with Crippen LogP contribution in [0.5, 0.6) is 0 Å². The van der Waals surface area contributed by atoms with Gasteiger partial charge in [-0.2, -0.15) is 5.10 Å². The molecule has 262 valence electrons. The number of fused-ring (bicyclic) bond motifs is 1. The number of aromatic nitrogens is 5. The molecule has 1 aromatic carbocycles. The maximum atomic E-state index is 14.1. The second-order valence-corrected chi connectivity index (χ2v) is 14.0. The minimum Gasteiger partial charge on any atom is -0.345 e. The molecule has 5 rings (SSSR count). The van der Waals surface area contributed by atoms with Crippen molar-refractivity contribution in [1.29, 1.82) is 0 Å². The van der Waals surface area contributed by atoms with Crippen molar-refractivity contribution in [2.24, 2.45) is 5.41 Å². The van der Waals surface area contributed by atoms with Crippen LogP contribution in [0.2, 0.25) is 0 Å². The third-order valence-corrected chi connectivity index (χ3v) is 9.49. The SMILES string of the molecule is C/C=C/[C@@]1(C)C[C@@H](C(=O)Nc2nc(Br)ccc2CC(=O)N(C)CCCC)N(C(=O)Cn2nc(C(C)=O)c3cc(-c4cnc(C)nc4)ccc32)C1. The zero-order valence-corrected chi connectivity index (χ0v) is 31.0. The Morgan fingerprint density at radius 3 is 2.54 bits per heavy atom. The number of halogens is 1. The maximum Gasteiger partial charge on any atom is 0.248 e. The number of pyridine rings is 1. The number of hydrogen-bond acceptors (Lipinski definition) is 8. The van der Waals surface area contributed by atoms with E-state index in [9.17, 15) is 19.2 Å². The van der Waals surface area contributed by atoms with Crippen LogP contribution in [0.1, 0.15) is 68.8 Å². The molecule has 3 amide bonds. The van der Waals surface area contributed by atoms with E-state index in [1.54, 1.807) is 41.4 Å². The summed E-state index contributed by atoms with van der Waals surface area (Å²) in [7, 11) is 1.77. The molecular formula is C37H43BrN8O4. The Kier molecular flexibility index (Phi) is 11.2. The van der Waals surface area contributed by atoms with Crippen molar-refractivity contribution in [1.82, 2.24) is 34.5 Å². The predicted octanol–water partition coefficient (Wildman–Crippen LogP) is 5.78. The molecule has 0 spiro atoms. The van der Waals surface area contributed by atoms with Gasteiger partial charge in [0.15, 0.2) is 5.78 Å². The number of anilines is 1. The lowest BCUT2D eigenvalue weighted by Crippen LogP contribution is -2.45. The lowest BCUT2D eigenvalue weighted by molar-refractivity contribution is -0.137. The molecule has 0 radical (unpaired) electrons. The molecule has 1 aliphatic heterocycles. The van der Waals surface area contributed by atoms with Gasteiger partial charge in [0, 0.05) is 61.4 Å². The number of benzene rings is 1. The first-order valence-corrected chi connectivity index (χ1v) is 17.6. The largest absolute Gasteiger partial charge is 0.345 e.